The first-order valence-corrected chi connectivity index (χ1v) is 9.94. The second-order valence-corrected chi connectivity index (χ2v) is 7.46. The van der Waals surface area contributed by atoms with Crippen LogP contribution in [0.5, 0.6) is 0 Å². The first kappa shape index (κ1) is 21.1. The highest BCUT2D eigenvalue weighted by Gasteiger charge is 2.21. The van der Waals surface area contributed by atoms with E-state index in [4.69, 9.17) is 28.9 Å². The number of benzene rings is 2. The number of halogens is 2. The van der Waals surface area contributed by atoms with Gasteiger partial charge in [-0.1, -0.05) is 53.5 Å². The van der Waals surface area contributed by atoms with Gasteiger partial charge in [0.2, 0.25) is 0 Å². The Morgan fingerprint density at radius 2 is 1.72 bits per heavy atom. The number of rotatable bonds is 3. The van der Waals surface area contributed by atoms with Crippen LogP contribution in [0.3, 0.4) is 0 Å². The number of anilines is 1. The summed E-state index contributed by atoms with van der Waals surface area (Å²) in [5, 5.41) is 25.0. The highest BCUT2D eigenvalue weighted by molar-refractivity contribution is 6.32. The minimum absolute atomic E-state index is 0.0524. The molecule has 2 aromatic heterocycles. The Kier molecular flexibility index (Phi) is 5.61. The van der Waals surface area contributed by atoms with E-state index in [1.807, 2.05) is 36.4 Å². The molecule has 0 saturated carbocycles. The molecule has 0 fully saturated rings. The Balaban J connectivity index is 1.91. The average Bonchev–Trinajstić information content (AvgIpc) is 2.79. The third kappa shape index (κ3) is 3.67. The van der Waals surface area contributed by atoms with Gasteiger partial charge in [0.25, 0.3) is 5.56 Å². The number of para-hydroxylation sites is 1. The maximum atomic E-state index is 13.0. The predicted molar refractivity (Wildman–Crippen MR) is 125 cm³/mol. The zero-order valence-electron chi connectivity index (χ0n) is 16.3. The van der Waals surface area contributed by atoms with Crippen molar-refractivity contribution in [1.82, 2.24) is 9.66 Å². The Morgan fingerprint density at radius 3 is 2.41 bits per heavy atom. The lowest BCUT2D eigenvalue weighted by molar-refractivity contribution is 0.841. The van der Waals surface area contributed by atoms with Crippen LogP contribution in [0.15, 0.2) is 64.5 Å². The van der Waals surface area contributed by atoms with Gasteiger partial charge in [-0.25, -0.2) is 4.98 Å². The van der Waals surface area contributed by atoms with Crippen LogP contribution in [-0.2, 0) is 0 Å². The van der Waals surface area contributed by atoms with E-state index < -0.39 is 5.56 Å². The van der Waals surface area contributed by atoms with Gasteiger partial charge in [-0.2, -0.15) is 20.3 Å². The highest BCUT2D eigenvalue weighted by Crippen LogP contribution is 2.30. The molecule has 32 heavy (non-hydrogen) atoms. The fourth-order valence-electron chi connectivity index (χ4n) is 3.24. The molecular weight excluding hydrogens is 447 g/mol. The van der Waals surface area contributed by atoms with E-state index in [0.717, 1.165) is 10.1 Å². The number of pyridine rings is 2. The van der Waals surface area contributed by atoms with Crippen molar-refractivity contribution in [3.63, 3.8) is 0 Å². The molecule has 0 aliphatic rings. The lowest BCUT2D eigenvalue weighted by Gasteiger charge is -2.12. The van der Waals surface area contributed by atoms with Crippen LogP contribution in [0.1, 0.15) is 16.7 Å². The van der Waals surface area contributed by atoms with Gasteiger partial charge in [0.05, 0.1) is 11.7 Å². The summed E-state index contributed by atoms with van der Waals surface area (Å²) in [5.41, 5.74) is 6.77. The standard InChI is InChI=1S/C23H12Cl2N6O/c24-16-7-5-13(6-8-16)20-17(10-26)22(28)31(23(32)18(20)11-27)29-12-15-9-14-3-1-2-4-19(14)30-21(15)25/h1-9,12H,28H2/b29-12+. The topological polar surface area (TPSA) is 121 Å². The predicted octanol–water partition coefficient (Wildman–Crippen LogP) is 4.58. The van der Waals surface area contributed by atoms with Gasteiger partial charge in [-0.15, -0.1) is 0 Å². The lowest BCUT2D eigenvalue weighted by atomic mass is 9.97. The number of nitriles is 2. The van der Waals surface area contributed by atoms with Gasteiger partial charge in [0.1, 0.15) is 34.2 Å². The molecule has 7 nitrogen and oxygen atoms in total. The molecule has 0 atom stereocenters. The van der Waals surface area contributed by atoms with Crippen LogP contribution in [0.25, 0.3) is 22.0 Å². The second-order valence-electron chi connectivity index (χ2n) is 6.66. The maximum Gasteiger partial charge on any atom is 0.291 e. The SMILES string of the molecule is N#Cc1c(-c2ccc(Cl)cc2)c(C#N)c(=O)n(/N=C/c2cc3ccccc3nc2Cl)c1N. The van der Waals surface area contributed by atoms with Crippen molar-refractivity contribution in [1.29, 1.82) is 10.5 Å². The average molecular weight is 459 g/mol. The fourth-order valence-corrected chi connectivity index (χ4v) is 3.56. The van der Waals surface area contributed by atoms with E-state index in [1.54, 1.807) is 30.3 Å². The summed E-state index contributed by atoms with van der Waals surface area (Å²) >= 11 is 12.2. The smallest absolute Gasteiger partial charge is 0.291 e. The molecule has 0 aliphatic carbocycles. The first-order valence-electron chi connectivity index (χ1n) is 9.19. The summed E-state index contributed by atoms with van der Waals surface area (Å²) in [6.45, 7) is 0. The van der Waals surface area contributed by atoms with E-state index in [-0.39, 0.29) is 27.7 Å². The summed E-state index contributed by atoms with van der Waals surface area (Å²) in [6, 6.07) is 19.4. The Hall–Kier alpha value is -4.17. The minimum atomic E-state index is -0.768. The molecule has 0 bridgehead atoms. The lowest BCUT2D eigenvalue weighted by Crippen LogP contribution is -2.25. The van der Waals surface area contributed by atoms with Crippen LogP contribution in [0, 0.1) is 22.7 Å². The van der Waals surface area contributed by atoms with Crippen LogP contribution in [-0.4, -0.2) is 15.9 Å². The first-order chi connectivity index (χ1) is 15.4. The summed E-state index contributed by atoms with van der Waals surface area (Å²) in [7, 11) is 0. The summed E-state index contributed by atoms with van der Waals surface area (Å²) < 4.78 is 0.808. The summed E-state index contributed by atoms with van der Waals surface area (Å²) in [5.74, 6) is -0.206. The quantitative estimate of drug-likeness (QED) is 0.355. The van der Waals surface area contributed by atoms with Gasteiger partial charge in [0, 0.05) is 21.5 Å². The number of fused-ring (bicyclic) bond motifs is 1. The molecule has 154 valence electrons. The Labute approximate surface area is 192 Å². The van der Waals surface area contributed by atoms with Gasteiger partial charge in [-0.3, -0.25) is 4.79 Å². The number of nitrogen functional groups attached to an aromatic ring is 1. The molecule has 0 amide bonds. The van der Waals surface area contributed by atoms with Crippen molar-refractivity contribution in [2.45, 2.75) is 0 Å². The molecular formula is C23H12Cl2N6O. The summed E-state index contributed by atoms with van der Waals surface area (Å²) in [6.07, 6.45) is 1.31. The van der Waals surface area contributed by atoms with E-state index in [1.165, 1.54) is 6.21 Å². The van der Waals surface area contributed by atoms with Crippen LogP contribution in [0.2, 0.25) is 10.2 Å². The van der Waals surface area contributed by atoms with E-state index in [0.29, 0.717) is 21.7 Å². The molecule has 2 aromatic carbocycles. The largest absolute Gasteiger partial charge is 0.382 e. The van der Waals surface area contributed by atoms with Gasteiger partial charge in [0.15, 0.2) is 0 Å². The molecule has 0 saturated heterocycles. The van der Waals surface area contributed by atoms with Crippen LogP contribution >= 0.6 is 23.2 Å². The van der Waals surface area contributed by atoms with E-state index in [2.05, 4.69) is 10.1 Å². The van der Waals surface area contributed by atoms with Crippen molar-refractivity contribution in [3.8, 4) is 23.3 Å². The molecule has 4 aromatic rings. The van der Waals surface area contributed by atoms with Crippen molar-refractivity contribution >= 4 is 46.1 Å². The fraction of sp³-hybridized carbons (Fsp3) is 0. The van der Waals surface area contributed by atoms with E-state index in [9.17, 15) is 15.3 Å². The van der Waals surface area contributed by atoms with Gasteiger partial charge >= 0.3 is 0 Å². The zero-order chi connectivity index (χ0) is 22.8. The number of nitrogens with zero attached hydrogens (tertiary/aromatic N) is 5. The molecule has 4 rings (SSSR count). The molecule has 2 N–H and O–H groups in total. The van der Waals surface area contributed by atoms with Crippen LogP contribution < -0.4 is 11.3 Å². The summed E-state index contributed by atoms with van der Waals surface area (Å²) in [4.78, 5) is 17.3. The van der Waals surface area contributed by atoms with Crippen molar-refractivity contribution in [3.05, 3.63) is 91.8 Å². The third-order valence-corrected chi connectivity index (χ3v) is 5.32. The van der Waals surface area contributed by atoms with Crippen molar-refractivity contribution in [2.24, 2.45) is 5.10 Å². The van der Waals surface area contributed by atoms with Crippen molar-refractivity contribution in [2.75, 3.05) is 5.73 Å². The molecule has 0 radical (unpaired) electrons. The van der Waals surface area contributed by atoms with Gasteiger partial charge in [-0.05, 0) is 29.8 Å². The highest BCUT2D eigenvalue weighted by atomic mass is 35.5. The number of nitrogens with two attached hydrogens (primary N) is 1. The molecule has 0 unspecified atom stereocenters. The monoisotopic (exact) mass is 458 g/mol. The molecule has 0 spiro atoms. The normalized spacial score (nSPS) is 10.9. The number of hydrogen-bond donors (Lipinski definition) is 1. The van der Waals surface area contributed by atoms with Crippen LogP contribution in [0.4, 0.5) is 5.82 Å². The Bertz CT molecular complexity index is 1540. The second kappa shape index (κ2) is 8.52. The molecule has 2 heterocycles. The molecule has 9 heteroatoms. The third-order valence-electron chi connectivity index (χ3n) is 4.76. The zero-order valence-corrected chi connectivity index (χ0v) is 17.8. The minimum Gasteiger partial charge on any atom is -0.382 e. The molecule has 0 aliphatic heterocycles. The Morgan fingerprint density at radius 1 is 1.03 bits per heavy atom. The van der Waals surface area contributed by atoms with Gasteiger partial charge < -0.3 is 5.73 Å². The van der Waals surface area contributed by atoms with E-state index >= 15 is 0 Å². The number of hydrogen-bond acceptors (Lipinski definition) is 6. The maximum absolute atomic E-state index is 13.0. The number of aromatic nitrogens is 2. The van der Waals surface area contributed by atoms with Crippen molar-refractivity contribution < 1.29 is 0 Å².